The topological polar surface area (TPSA) is 158 Å². The Hall–Kier alpha value is -4.39. The smallest absolute Gasteiger partial charge is 0.303 e. The standard InChI is InChI=1S/C25H26N4O9/c1-13(30)34-12-21-22(35-14(2)31)23(36-15(3)32)24(37-16(4)33)25(38-21)29-11-20(27-28-29)19-10-9-17-7-5-6-8-18(17)26-19/h5-11,21-25H,12H2,1-4H3/t21-,22-,23+,24-,25-/m1/s1. The second-order valence-electron chi connectivity index (χ2n) is 8.56. The number of benzene rings is 1. The van der Waals surface area contributed by atoms with Crippen molar-refractivity contribution in [1.82, 2.24) is 20.0 Å². The normalized spacial score (nSPS) is 22.9. The van der Waals surface area contributed by atoms with E-state index in [-0.39, 0.29) is 6.61 Å². The number of esters is 4. The summed E-state index contributed by atoms with van der Waals surface area (Å²) < 4.78 is 28.8. The highest BCUT2D eigenvalue weighted by molar-refractivity contribution is 5.80. The van der Waals surface area contributed by atoms with Gasteiger partial charge in [0.25, 0.3) is 0 Å². The van der Waals surface area contributed by atoms with Crippen molar-refractivity contribution in [1.29, 1.82) is 0 Å². The van der Waals surface area contributed by atoms with Crippen LogP contribution in [-0.2, 0) is 42.9 Å². The maximum absolute atomic E-state index is 12.0. The van der Waals surface area contributed by atoms with Crippen molar-refractivity contribution in [3.05, 3.63) is 42.6 Å². The molecule has 38 heavy (non-hydrogen) atoms. The van der Waals surface area contributed by atoms with Crippen molar-refractivity contribution < 1.29 is 42.9 Å². The van der Waals surface area contributed by atoms with Crippen LogP contribution in [-0.4, -0.2) is 74.9 Å². The molecule has 0 aliphatic carbocycles. The summed E-state index contributed by atoms with van der Waals surface area (Å²) in [5, 5.41) is 9.27. The van der Waals surface area contributed by atoms with Crippen molar-refractivity contribution in [2.24, 2.45) is 0 Å². The third kappa shape index (κ3) is 6.11. The van der Waals surface area contributed by atoms with Crippen molar-refractivity contribution >= 4 is 34.8 Å². The molecule has 4 rings (SSSR count). The van der Waals surface area contributed by atoms with E-state index in [0.717, 1.165) is 24.8 Å². The molecule has 0 bridgehead atoms. The third-order valence-electron chi connectivity index (χ3n) is 5.60. The maximum atomic E-state index is 12.0. The van der Waals surface area contributed by atoms with Crippen LogP contribution in [0.2, 0.25) is 0 Å². The van der Waals surface area contributed by atoms with E-state index in [9.17, 15) is 19.2 Å². The van der Waals surface area contributed by atoms with Gasteiger partial charge in [-0.05, 0) is 12.1 Å². The van der Waals surface area contributed by atoms with Gasteiger partial charge in [-0.25, -0.2) is 9.67 Å². The Labute approximate surface area is 217 Å². The van der Waals surface area contributed by atoms with Gasteiger partial charge >= 0.3 is 23.9 Å². The number of fused-ring (bicyclic) bond motifs is 1. The average molecular weight is 527 g/mol. The van der Waals surface area contributed by atoms with Gasteiger partial charge in [-0.3, -0.25) is 19.2 Å². The van der Waals surface area contributed by atoms with Gasteiger partial charge in [0.2, 0.25) is 0 Å². The number of hydrogen-bond acceptors (Lipinski definition) is 12. The largest absolute Gasteiger partial charge is 0.463 e. The lowest BCUT2D eigenvalue weighted by Gasteiger charge is -2.44. The number of para-hydroxylation sites is 1. The lowest BCUT2D eigenvalue weighted by atomic mass is 9.97. The van der Waals surface area contributed by atoms with Crippen LogP contribution in [0, 0.1) is 0 Å². The number of carbonyl (C=O) groups is 4. The van der Waals surface area contributed by atoms with E-state index in [1.54, 1.807) is 6.07 Å². The molecular formula is C25H26N4O9. The molecule has 3 heterocycles. The molecule has 2 aromatic heterocycles. The minimum absolute atomic E-state index is 0.345. The van der Waals surface area contributed by atoms with Gasteiger partial charge in [0.15, 0.2) is 24.5 Å². The highest BCUT2D eigenvalue weighted by atomic mass is 16.7. The minimum atomic E-state index is -1.31. The molecule has 0 amide bonds. The molecule has 0 saturated carbocycles. The molecule has 200 valence electrons. The average Bonchev–Trinajstić information content (AvgIpc) is 3.34. The second-order valence-corrected chi connectivity index (χ2v) is 8.56. The van der Waals surface area contributed by atoms with Crippen LogP contribution < -0.4 is 0 Å². The summed E-state index contributed by atoms with van der Waals surface area (Å²) in [6.07, 6.45) is -4.65. The fourth-order valence-corrected chi connectivity index (χ4v) is 4.15. The fourth-order valence-electron chi connectivity index (χ4n) is 4.15. The maximum Gasteiger partial charge on any atom is 0.303 e. The summed E-state index contributed by atoms with van der Waals surface area (Å²) in [5.74, 6) is -2.76. The number of aromatic nitrogens is 4. The highest BCUT2D eigenvalue weighted by Gasteiger charge is 2.53. The number of rotatable bonds is 7. The summed E-state index contributed by atoms with van der Waals surface area (Å²) >= 11 is 0. The van der Waals surface area contributed by atoms with E-state index < -0.39 is 54.5 Å². The van der Waals surface area contributed by atoms with E-state index >= 15 is 0 Å². The van der Waals surface area contributed by atoms with Gasteiger partial charge in [-0.15, -0.1) is 5.10 Å². The monoisotopic (exact) mass is 526 g/mol. The highest BCUT2D eigenvalue weighted by Crippen LogP contribution is 2.35. The zero-order valence-electron chi connectivity index (χ0n) is 21.1. The van der Waals surface area contributed by atoms with Crippen LogP contribution in [0.15, 0.2) is 42.6 Å². The number of hydrogen-bond donors (Lipinski definition) is 0. The van der Waals surface area contributed by atoms with E-state index in [2.05, 4.69) is 15.3 Å². The second kappa shape index (κ2) is 11.3. The first-order chi connectivity index (χ1) is 18.1. The van der Waals surface area contributed by atoms with Gasteiger partial charge in [0.05, 0.1) is 17.4 Å². The molecule has 13 nitrogen and oxygen atoms in total. The van der Waals surface area contributed by atoms with Crippen LogP contribution in [0.25, 0.3) is 22.3 Å². The van der Waals surface area contributed by atoms with Gasteiger partial charge in [0.1, 0.15) is 18.4 Å². The Morgan fingerprint density at radius 1 is 0.816 bits per heavy atom. The summed E-state index contributed by atoms with van der Waals surface area (Å²) in [7, 11) is 0. The molecule has 1 fully saturated rings. The van der Waals surface area contributed by atoms with Crippen LogP contribution in [0.1, 0.15) is 33.9 Å². The number of ether oxygens (including phenoxy) is 5. The van der Waals surface area contributed by atoms with Crippen molar-refractivity contribution in [2.45, 2.75) is 58.3 Å². The number of nitrogens with zero attached hydrogens (tertiary/aromatic N) is 4. The van der Waals surface area contributed by atoms with Crippen LogP contribution in [0.5, 0.6) is 0 Å². The van der Waals surface area contributed by atoms with Crippen LogP contribution >= 0.6 is 0 Å². The molecule has 1 aliphatic heterocycles. The first-order valence-electron chi connectivity index (χ1n) is 11.7. The number of carbonyl (C=O) groups excluding carboxylic acids is 4. The zero-order valence-corrected chi connectivity index (χ0v) is 21.1. The van der Waals surface area contributed by atoms with E-state index in [1.807, 2.05) is 30.3 Å². The molecule has 0 unspecified atom stereocenters. The molecule has 0 radical (unpaired) electrons. The third-order valence-corrected chi connectivity index (χ3v) is 5.60. The SMILES string of the molecule is CC(=O)OC[C@H]1O[C@@H](n2cc(-c3ccc4ccccc4n3)nn2)[C@H](OC(C)=O)[C@@H](OC(C)=O)[C@@H]1OC(C)=O. The lowest BCUT2D eigenvalue weighted by Crippen LogP contribution is -2.60. The molecule has 5 atom stereocenters. The van der Waals surface area contributed by atoms with Gasteiger partial charge in [0, 0.05) is 33.1 Å². The van der Waals surface area contributed by atoms with E-state index in [1.165, 1.54) is 24.7 Å². The minimum Gasteiger partial charge on any atom is -0.463 e. The molecular weight excluding hydrogens is 500 g/mol. The van der Waals surface area contributed by atoms with Gasteiger partial charge < -0.3 is 23.7 Å². The fraction of sp³-hybridized carbons (Fsp3) is 0.400. The van der Waals surface area contributed by atoms with Crippen molar-refractivity contribution in [3.8, 4) is 11.4 Å². The van der Waals surface area contributed by atoms with Crippen molar-refractivity contribution in [2.75, 3.05) is 6.61 Å². The Bertz CT molecular complexity index is 1360. The Kier molecular flexibility index (Phi) is 7.96. The Morgan fingerprint density at radius 2 is 1.47 bits per heavy atom. The van der Waals surface area contributed by atoms with Crippen molar-refractivity contribution in [3.63, 3.8) is 0 Å². The van der Waals surface area contributed by atoms with Gasteiger partial charge in [-0.2, -0.15) is 0 Å². The molecule has 1 aromatic carbocycles. The molecule has 0 N–H and O–H groups in total. The predicted octanol–water partition coefficient (Wildman–Crippen LogP) is 1.75. The molecule has 1 saturated heterocycles. The van der Waals surface area contributed by atoms with E-state index in [4.69, 9.17) is 23.7 Å². The van der Waals surface area contributed by atoms with Gasteiger partial charge in [-0.1, -0.05) is 29.5 Å². The summed E-state index contributed by atoms with van der Waals surface area (Å²) in [4.78, 5) is 52.1. The molecule has 3 aromatic rings. The summed E-state index contributed by atoms with van der Waals surface area (Å²) in [6, 6.07) is 11.2. The lowest BCUT2D eigenvalue weighted by molar-refractivity contribution is -0.270. The van der Waals surface area contributed by atoms with E-state index in [0.29, 0.717) is 11.4 Å². The molecule has 0 spiro atoms. The Morgan fingerprint density at radius 3 is 2.16 bits per heavy atom. The predicted molar refractivity (Wildman–Crippen MR) is 128 cm³/mol. The van der Waals surface area contributed by atoms with Crippen LogP contribution in [0.4, 0.5) is 0 Å². The molecule has 13 heteroatoms. The number of pyridine rings is 1. The zero-order chi connectivity index (χ0) is 27.4. The Balaban J connectivity index is 1.74. The quantitative estimate of drug-likeness (QED) is 0.325. The summed E-state index contributed by atoms with van der Waals surface area (Å²) in [5.41, 5.74) is 1.68. The van der Waals surface area contributed by atoms with Crippen LogP contribution in [0.3, 0.4) is 0 Å². The summed E-state index contributed by atoms with van der Waals surface area (Å²) in [6.45, 7) is 4.33. The first kappa shape index (κ1) is 26.7. The first-order valence-corrected chi connectivity index (χ1v) is 11.7. The molecule has 1 aliphatic rings.